The third-order valence-corrected chi connectivity index (χ3v) is 7.29. The number of thiazole rings is 1. The van der Waals surface area contributed by atoms with E-state index in [1.54, 1.807) is 10.9 Å². The van der Waals surface area contributed by atoms with Gasteiger partial charge in [-0.25, -0.2) is 4.98 Å². The molecule has 0 aliphatic heterocycles. The number of hydrogen-bond acceptors (Lipinski definition) is 9. The molecule has 0 saturated heterocycles. The van der Waals surface area contributed by atoms with Crippen LogP contribution in [0.2, 0.25) is 0 Å². The lowest BCUT2D eigenvalue weighted by Crippen LogP contribution is -2.16. The molecule has 0 radical (unpaired) electrons. The zero-order valence-corrected chi connectivity index (χ0v) is 18.7. The van der Waals surface area contributed by atoms with Gasteiger partial charge in [0.15, 0.2) is 9.47 Å². The lowest BCUT2D eigenvalue weighted by Gasteiger charge is -2.08. The second kappa shape index (κ2) is 9.94. The number of thiophene rings is 1. The van der Waals surface area contributed by atoms with E-state index in [1.165, 1.54) is 45.8 Å². The molecule has 7 nitrogen and oxygen atoms in total. The zero-order valence-electron chi connectivity index (χ0n) is 15.4. The van der Waals surface area contributed by atoms with Crippen molar-refractivity contribution in [2.75, 3.05) is 10.6 Å². The maximum absolute atomic E-state index is 12.5. The Morgan fingerprint density at radius 3 is 2.63 bits per heavy atom. The van der Waals surface area contributed by atoms with Gasteiger partial charge in [0, 0.05) is 15.2 Å². The van der Waals surface area contributed by atoms with E-state index in [0.717, 1.165) is 14.1 Å². The summed E-state index contributed by atoms with van der Waals surface area (Å²) in [6.07, 6.45) is 0.436. The molecule has 1 aromatic carbocycles. The highest BCUT2D eigenvalue weighted by Crippen LogP contribution is 2.34. The Morgan fingerprint density at radius 1 is 0.967 bits per heavy atom. The number of rotatable bonds is 8. The maximum Gasteiger partial charge on any atom is 0.231 e. The van der Waals surface area contributed by atoms with E-state index in [4.69, 9.17) is 0 Å². The first kappa shape index (κ1) is 20.7. The van der Waals surface area contributed by atoms with E-state index in [-0.39, 0.29) is 18.2 Å². The summed E-state index contributed by atoms with van der Waals surface area (Å²) in [7, 11) is 0. The first-order chi connectivity index (χ1) is 14.7. The van der Waals surface area contributed by atoms with Gasteiger partial charge in [-0.05, 0) is 23.6 Å². The van der Waals surface area contributed by atoms with Gasteiger partial charge in [0.2, 0.25) is 11.8 Å². The summed E-state index contributed by atoms with van der Waals surface area (Å²) in [5, 5.41) is 17.8. The number of carbonyl (C=O) groups excluding carboxylic acids is 2. The van der Waals surface area contributed by atoms with Gasteiger partial charge in [0.25, 0.3) is 0 Å². The van der Waals surface area contributed by atoms with Crippen molar-refractivity contribution in [1.82, 2.24) is 15.2 Å². The van der Waals surface area contributed by atoms with E-state index >= 15 is 0 Å². The second-order valence-corrected chi connectivity index (χ2v) is 9.99. The van der Waals surface area contributed by atoms with Crippen molar-refractivity contribution < 1.29 is 9.59 Å². The van der Waals surface area contributed by atoms with Gasteiger partial charge in [-0.15, -0.1) is 32.9 Å². The second-order valence-electron chi connectivity index (χ2n) is 5.98. The molecule has 30 heavy (non-hydrogen) atoms. The van der Waals surface area contributed by atoms with Gasteiger partial charge in [-0.3, -0.25) is 9.59 Å². The van der Waals surface area contributed by atoms with Gasteiger partial charge in [0.1, 0.15) is 5.51 Å². The molecule has 152 valence electrons. The number of aromatic nitrogens is 3. The van der Waals surface area contributed by atoms with Gasteiger partial charge < -0.3 is 10.6 Å². The molecule has 0 unspecified atom stereocenters. The number of hydrogen-bond donors (Lipinski definition) is 2. The third kappa shape index (κ3) is 5.72. The van der Waals surface area contributed by atoms with Crippen LogP contribution in [0.15, 0.2) is 61.9 Å². The van der Waals surface area contributed by atoms with Crippen LogP contribution in [0, 0.1) is 0 Å². The average Bonchev–Trinajstić information content (AvgIpc) is 3.48. The lowest BCUT2D eigenvalue weighted by molar-refractivity contribution is -0.116. The molecule has 3 heterocycles. The number of para-hydroxylation sites is 1. The van der Waals surface area contributed by atoms with E-state index in [2.05, 4.69) is 25.8 Å². The van der Waals surface area contributed by atoms with Crippen molar-refractivity contribution in [2.24, 2.45) is 0 Å². The quantitative estimate of drug-likeness (QED) is 0.389. The molecule has 3 aromatic heterocycles. The molecular weight excluding hydrogens is 459 g/mol. The van der Waals surface area contributed by atoms with Crippen molar-refractivity contribution in [3.63, 3.8) is 0 Å². The molecule has 2 amide bonds. The van der Waals surface area contributed by atoms with Crippen LogP contribution >= 0.6 is 45.8 Å². The number of nitrogens with zero attached hydrogens (tertiary/aromatic N) is 3. The van der Waals surface area contributed by atoms with E-state index < -0.39 is 0 Å². The summed E-state index contributed by atoms with van der Waals surface area (Å²) in [6, 6.07) is 11.4. The Kier molecular flexibility index (Phi) is 6.84. The molecule has 4 aromatic rings. The highest BCUT2D eigenvalue weighted by Gasteiger charge is 2.13. The molecule has 0 aliphatic carbocycles. The SMILES string of the molecule is O=C(Cc1cccs1)Nc1nc(CC(=O)Nc2ccccc2Sc2nncs2)cs1. The van der Waals surface area contributed by atoms with E-state index in [9.17, 15) is 9.59 Å². The van der Waals surface area contributed by atoms with Crippen LogP contribution in [0.4, 0.5) is 10.8 Å². The zero-order chi connectivity index (χ0) is 20.8. The number of nitrogens with one attached hydrogen (secondary N) is 2. The number of anilines is 2. The molecule has 0 atom stereocenters. The Bertz CT molecular complexity index is 1130. The van der Waals surface area contributed by atoms with Crippen LogP contribution in [0.1, 0.15) is 10.6 Å². The van der Waals surface area contributed by atoms with Crippen molar-refractivity contribution >= 4 is 68.4 Å². The average molecular weight is 474 g/mol. The van der Waals surface area contributed by atoms with Crippen LogP contribution in [0.3, 0.4) is 0 Å². The standard InChI is InChI=1S/C19H15N5O2S4/c25-16(22-14-5-1-2-6-15(14)30-19-24-20-11-29-19)8-12-10-28-18(21-12)23-17(26)9-13-4-3-7-27-13/h1-7,10-11H,8-9H2,(H,22,25)(H,21,23,26). The first-order valence-corrected chi connectivity index (χ1v) is 12.2. The highest BCUT2D eigenvalue weighted by molar-refractivity contribution is 8.01. The minimum absolute atomic E-state index is 0.120. The van der Waals surface area contributed by atoms with Crippen LogP contribution < -0.4 is 10.6 Å². The molecule has 0 spiro atoms. The summed E-state index contributed by atoms with van der Waals surface area (Å²) in [4.78, 5) is 30.8. The molecule has 11 heteroatoms. The lowest BCUT2D eigenvalue weighted by atomic mass is 10.3. The Morgan fingerprint density at radius 2 is 1.83 bits per heavy atom. The fourth-order valence-electron chi connectivity index (χ4n) is 2.50. The van der Waals surface area contributed by atoms with Gasteiger partial charge in [-0.2, -0.15) is 0 Å². The first-order valence-electron chi connectivity index (χ1n) is 8.75. The van der Waals surface area contributed by atoms with Gasteiger partial charge in [0.05, 0.1) is 24.2 Å². The molecular formula is C19H15N5O2S4. The van der Waals surface area contributed by atoms with Crippen LogP contribution in [0.25, 0.3) is 0 Å². The normalized spacial score (nSPS) is 10.7. The number of carbonyl (C=O) groups is 2. The van der Waals surface area contributed by atoms with Crippen molar-refractivity contribution in [3.8, 4) is 0 Å². The third-order valence-electron chi connectivity index (χ3n) is 3.75. The Hall–Kier alpha value is -2.60. The molecule has 0 aliphatic rings. The minimum Gasteiger partial charge on any atom is -0.325 e. The predicted molar refractivity (Wildman–Crippen MR) is 122 cm³/mol. The molecule has 4 rings (SSSR count). The van der Waals surface area contributed by atoms with Crippen molar-refractivity contribution in [1.29, 1.82) is 0 Å². The summed E-state index contributed by atoms with van der Waals surface area (Å²) >= 11 is 5.74. The largest absolute Gasteiger partial charge is 0.325 e. The van der Waals surface area contributed by atoms with Crippen molar-refractivity contribution in [2.45, 2.75) is 22.1 Å². The molecule has 0 bridgehead atoms. The monoisotopic (exact) mass is 473 g/mol. The molecule has 2 N–H and O–H groups in total. The summed E-state index contributed by atoms with van der Waals surface area (Å²) in [5.41, 5.74) is 2.99. The summed E-state index contributed by atoms with van der Waals surface area (Å²) in [6.45, 7) is 0. The summed E-state index contributed by atoms with van der Waals surface area (Å²) in [5.74, 6) is -0.299. The van der Waals surface area contributed by atoms with Gasteiger partial charge >= 0.3 is 0 Å². The fraction of sp³-hybridized carbons (Fsp3) is 0.105. The highest BCUT2D eigenvalue weighted by atomic mass is 32.2. The predicted octanol–water partition coefficient (Wildman–Crippen LogP) is 4.57. The summed E-state index contributed by atoms with van der Waals surface area (Å²) < 4.78 is 0.805. The van der Waals surface area contributed by atoms with Crippen LogP contribution in [0.5, 0.6) is 0 Å². The van der Waals surface area contributed by atoms with Crippen molar-refractivity contribution in [3.05, 3.63) is 63.2 Å². The molecule has 0 saturated carbocycles. The molecule has 0 fully saturated rings. The topological polar surface area (TPSA) is 96.9 Å². The Balaban J connectivity index is 1.33. The maximum atomic E-state index is 12.5. The van der Waals surface area contributed by atoms with E-state index in [0.29, 0.717) is 22.9 Å². The van der Waals surface area contributed by atoms with Gasteiger partial charge in [-0.1, -0.05) is 41.3 Å². The van der Waals surface area contributed by atoms with Crippen LogP contribution in [-0.2, 0) is 22.4 Å². The fourth-order valence-corrected chi connectivity index (χ4v) is 5.45. The van der Waals surface area contributed by atoms with Crippen LogP contribution in [-0.4, -0.2) is 27.0 Å². The Labute approximate surface area is 188 Å². The number of benzene rings is 1. The van der Waals surface area contributed by atoms with E-state index in [1.807, 2.05) is 41.8 Å². The minimum atomic E-state index is -0.179. The smallest absolute Gasteiger partial charge is 0.231 e. The number of amides is 2.